The lowest BCUT2D eigenvalue weighted by Gasteiger charge is -2.39. The number of hydrogen-bond donors (Lipinski definition) is 1. The summed E-state index contributed by atoms with van der Waals surface area (Å²) >= 11 is 0. The molecule has 1 N–H and O–H groups in total. The van der Waals surface area contributed by atoms with E-state index in [1.54, 1.807) is 4.68 Å². The lowest BCUT2D eigenvalue weighted by molar-refractivity contribution is -0.151. The molecule has 0 radical (unpaired) electrons. The van der Waals surface area contributed by atoms with Crippen molar-refractivity contribution >= 4 is 5.97 Å². The van der Waals surface area contributed by atoms with Crippen LogP contribution in [0, 0.1) is 0 Å². The number of nitrogens with zero attached hydrogens (tertiary/aromatic N) is 4. The minimum atomic E-state index is -0.959. The largest absolute Gasteiger partial charge is 0.479 e. The molecule has 2 aromatic rings. The summed E-state index contributed by atoms with van der Waals surface area (Å²) in [5, 5.41) is 14.6. The third-order valence-electron chi connectivity index (χ3n) is 5.56. The van der Waals surface area contributed by atoms with Gasteiger partial charge in [-0.15, -0.1) is 0 Å². The van der Waals surface area contributed by atoms with E-state index in [4.69, 9.17) is 0 Å². The number of hydrogen-bond acceptors (Lipinski definition) is 4. The lowest BCUT2D eigenvalue weighted by atomic mass is 9.87. The average molecular weight is 370 g/mol. The van der Waals surface area contributed by atoms with E-state index in [-0.39, 0.29) is 5.41 Å². The number of aryl methyl sites for hydroxylation is 1. The van der Waals surface area contributed by atoms with Gasteiger partial charge in [0.15, 0.2) is 5.54 Å². The van der Waals surface area contributed by atoms with Crippen molar-refractivity contribution < 1.29 is 9.90 Å². The summed E-state index contributed by atoms with van der Waals surface area (Å²) in [6, 6.07) is 6.13. The van der Waals surface area contributed by atoms with Crippen LogP contribution < -0.4 is 0 Å². The van der Waals surface area contributed by atoms with E-state index in [2.05, 4.69) is 54.8 Å². The number of likely N-dealkylation sites (tertiary alicyclic amines) is 1. The predicted molar refractivity (Wildman–Crippen MR) is 105 cm³/mol. The number of rotatable bonds is 5. The maximum Gasteiger partial charge on any atom is 0.331 e. The molecule has 1 fully saturated rings. The Morgan fingerprint density at radius 3 is 2.41 bits per heavy atom. The fraction of sp³-hybridized carbons (Fsp3) is 0.571. The molecule has 146 valence electrons. The standard InChI is InChI=1S/C21H30N4O2/c1-5-16-6-7-17(22-14-16)15-24-12-9-21(10-13-24,19(26)27)25-11-8-18(23-25)20(2,3)4/h6-8,11,14H,5,9-10,12-13,15H2,1-4H3,(H,26,27). The van der Waals surface area contributed by atoms with Crippen LogP contribution >= 0.6 is 0 Å². The Kier molecular flexibility index (Phi) is 5.38. The van der Waals surface area contributed by atoms with Gasteiger partial charge in [-0.05, 0) is 37.0 Å². The SMILES string of the molecule is CCc1ccc(CN2CCC(C(=O)O)(n3ccc(C(C)(C)C)n3)CC2)nc1. The number of aliphatic carboxylic acids is 1. The minimum Gasteiger partial charge on any atom is -0.479 e. The van der Waals surface area contributed by atoms with E-state index < -0.39 is 11.5 Å². The molecule has 27 heavy (non-hydrogen) atoms. The third-order valence-corrected chi connectivity index (χ3v) is 5.56. The number of aromatic nitrogens is 3. The zero-order valence-electron chi connectivity index (χ0n) is 16.8. The molecule has 6 heteroatoms. The van der Waals surface area contributed by atoms with Crippen LogP contribution in [-0.4, -0.2) is 43.8 Å². The highest BCUT2D eigenvalue weighted by Crippen LogP contribution is 2.32. The highest BCUT2D eigenvalue weighted by atomic mass is 16.4. The maximum atomic E-state index is 12.2. The second kappa shape index (κ2) is 7.43. The van der Waals surface area contributed by atoms with Crippen molar-refractivity contribution in [3.63, 3.8) is 0 Å². The van der Waals surface area contributed by atoms with Crippen LogP contribution in [0.1, 0.15) is 57.5 Å². The van der Waals surface area contributed by atoms with Crippen LogP contribution in [0.5, 0.6) is 0 Å². The highest BCUT2D eigenvalue weighted by Gasteiger charge is 2.44. The van der Waals surface area contributed by atoms with Crippen molar-refractivity contribution in [2.45, 2.75) is 64.5 Å². The summed E-state index contributed by atoms with van der Waals surface area (Å²) in [5.41, 5.74) is 2.13. The molecular weight excluding hydrogens is 340 g/mol. The van der Waals surface area contributed by atoms with Gasteiger partial charge in [-0.25, -0.2) is 4.79 Å². The molecule has 0 saturated carbocycles. The molecule has 0 aliphatic carbocycles. The van der Waals surface area contributed by atoms with Crippen LogP contribution in [0.25, 0.3) is 0 Å². The van der Waals surface area contributed by atoms with E-state index in [9.17, 15) is 9.90 Å². The summed E-state index contributed by atoms with van der Waals surface area (Å²) in [6.45, 7) is 10.6. The van der Waals surface area contributed by atoms with Gasteiger partial charge in [0.1, 0.15) is 0 Å². The second-order valence-corrected chi connectivity index (χ2v) is 8.52. The van der Waals surface area contributed by atoms with Crippen LogP contribution in [-0.2, 0) is 28.7 Å². The molecule has 0 bridgehead atoms. The molecule has 3 rings (SSSR count). The Bertz CT molecular complexity index is 781. The molecule has 0 amide bonds. The summed E-state index contributed by atoms with van der Waals surface area (Å²) < 4.78 is 1.68. The van der Waals surface area contributed by atoms with E-state index >= 15 is 0 Å². The van der Waals surface area contributed by atoms with Gasteiger partial charge in [-0.3, -0.25) is 14.6 Å². The van der Waals surface area contributed by atoms with Crippen molar-refractivity contribution in [3.05, 3.63) is 47.5 Å². The first-order valence-electron chi connectivity index (χ1n) is 9.71. The highest BCUT2D eigenvalue weighted by molar-refractivity contribution is 5.76. The zero-order valence-corrected chi connectivity index (χ0v) is 16.8. The summed E-state index contributed by atoms with van der Waals surface area (Å²) in [6.07, 6.45) is 5.83. The van der Waals surface area contributed by atoms with E-state index in [0.29, 0.717) is 25.9 Å². The first-order valence-corrected chi connectivity index (χ1v) is 9.71. The normalized spacial score (nSPS) is 17.8. The number of pyridine rings is 1. The molecule has 0 unspecified atom stereocenters. The van der Waals surface area contributed by atoms with Gasteiger partial charge in [-0.1, -0.05) is 33.8 Å². The average Bonchev–Trinajstić information content (AvgIpc) is 3.14. The molecule has 1 aliphatic heterocycles. The molecule has 2 aromatic heterocycles. The van der Waals surface area contributed by atoms with Crippen LogP contribution in [0.4, 0.5) is 0 Å². The first kappa shape index (κ1) is 19.5. The Morgan fingerprint density at radius 2 is 1.93 bits per heavy atom. The van der Waals surface area contributed by atoms with Crippen molar-refractivity contribution in [3.8, 4) is 0 Å². The fourth-order valence-electron chi connectivity index (χ4n) is 3.57. The molecule has 0 aromatic carbocycles. The van der Waals surface area contributed by atoms with Gasteiger partial charge in [0.25, 0.3) is 0 Å². The quantitative estimate of drug-likeness (QED) is 0.875. The number of carboxylic acids is 1. The van der Waals surface area contributed by atoms with Gasteiger partial charge < -0.3 is 5.11 Å². The van der Waals surface area contributed by atoms with Crippen LogP contribution in [0.3, 0.4) is 0 Å². The lowest BCUT2D eigenvalue weighted by Crippen LogP contribution is -2.51. The van der Waals surface area contributed by atoms with Crippen molar-refractivity contribution in [1.82, 2.24) is 19.7 Å². The minimum absolute atomic E-state index is 0.0953. The Balaban J connectivity index is 1.71. The van der Waals surface area contributed by atoms with Gasteiger partial charge in [0, 0.05) is 37.4 Å². The molecular formula is C21H30N4O2. The molecule has 6 nitrogen and oxygen atoms in total. The second-order valence-electron chi connectivity index (χ2n) is 8.52. The van der Waals surface area contributed by atoms with Crippen molar-refractivity contribution in [2.24, 2.45) is 0 Å². The van der Waals surface area contributed by atoms with E-state index in [1.165, 1.54) is 5.56 Å². The van der Waals surface area contributed by atoms with Crippen LogP contribution in [0.15, 0.2) is 30.6 Å². The topological polar surface area (TPSA) is 71.2 Å². The van der Waals surface area contributed by atoms with Gasteiger partial charge in [0.2, 0.25) is 0 Å². The molecule has 0 atom stereocenters. The first-order chi connectivity index (χ1) is 12.7. The fourth-order valence-corrected chi connectivity index (χ4v) is 3.57. The van der Waals surface area contributed by atoms with Gasteiger partial charge >= 0.3 is 5.97 Å². The number of piperidine rings is 1. The Morgan fingerprint density at radius 1 is 1.22 bits per heavy atom. The molecule has 1 saturated heterocycles. The summed E-state index contributed by atoms with van der Waals surface area (Å²) in [5.74, 6) is -0.795. The zero-order chi connectivity index (χ0) is 19.7. The predicted octanol–water partition coefficient (Wildman–Crippen LogP) is 3.21. The number of carbonyl (C=O) groups is 1. The smallest absolute Gasteiger partial charge is 0.331 e. The van der Waals surface area contributed by atoms with Crippen molar-refractivity contribution in [2.75, 3.05) is 13.1 Å². The van der Waals surface area contributed by atoms with Crippen LogP contribution in [0.2, 0.25) is 0 Å². The summed E-state index contributed by atoms with van der Waals surface area (Å²) in [7, 11) is 0. The van der Waals surface area contributed by atoms with Gasteiger partial charge in [0.05, 0.1) is 11.4 Å². The third kappa shape index (κ3) is 4.05. The van der Waals surface area contributed by atoms with E-state index in [1.807, 2.05) is 18.5 Å². The molecule has 0 spiro atoms. The number of carboxylic acid groups (broad SMARTS) is 1. The van der Waals surface area contributed by atoms with Gasteiger partial charge in [-0.2, -0.15) is 5.10 Å². The Labute approximate surface area is 161 Å². The monoisotopic (exact) mass is 370 g/mol. The summed E-state index contributed by atoms with van der Waals surface area (Å²) in [4.78, 5) is 19.0. The van der Waals surface area contributed by atoms with Crippen molar-refractivity contribution in [1.29, 1.82) is 0 Å². The maximum absolute atomic E-state index is 12.2. The molecule has 3 heterocycles. The molecule has 1 aliphatic rings. The Hall–Kier alpha value is -2.21. The van der Waals surface area contributed by atoms with E-state index in [0.717, 1.165) is 24.4 Å².